The Kier molecular flexibility index (Phi) is 3.89. The molecule has 4 atom stereocenters. The monoisotopic (exact) mass is 339 g/mol. The highest BCUT2D eigenvalue weighted by Crippen LogP contribution is 2.49. The first-order valence-corrected chi connectivity index (χ1v) is 8.31. The van der Waals surface area contributed by atoms with Crippen LogP contribution in [0.4, 0.5) is 0 Å². The largest absolute Gasteiger partial charge is 0.352 e. The number of carbonyl (C=O) groups is 1. The van der Waals surface area contributed by atoms with Gasteiger partial charge in [-0.3, -0.25) is 9.48 Å². The van der Waals surface area contributed by atoms with E-state index in [9.17, 15) is 4.79 Å². The number of hydrogen-bond donors (Lipinski definition) is 1. The average molecular weight is 340 g/mol. The van der Waals surface area contributed by atoms with Crippen molar-refractivity contribution in [2.45, 2.75) is 52.1 Å². The summed E-state index contributed by atoms with van der Waals surface area (Å²) in [6, 6.07) is 0.289. The summed E-state index contributed by atoms with van der Waals surface area (Å²) < 4.78 is 2.69. The SMILES string of the molecule is Cc1c(Br)cnn1CC(=O)N[C@H](C)[C@H]1C[C@H]2CC[C@H]1C2. The highest BCUT2D eigenvalue weighted by molar-refractivity contribution is 9.10. The van der Waals surface area contributed by atoms with Gasteiger partial charge < -0.3 is 5.32 Å². The Morgan fingerprint density at radius 3 is 2.90 bits per heavy atom. The quantitative estimate of drug-likeness (QED) is 0.916. The molecule has 110 valence electrons. The molecule has 1 aromatic heterocycles. The smallest absolute Gasteiger partial charge is 0.241 e. The summed E-state index contributed by atoms with van der Waals surface area (Å²) in [4.78, 5) is 12.2. The van der Waals surface area contributed by atoms with Gasteiger partial charge in [0.2, 0.25) is 5.91 Å². The second-order valence-electron chi connectivity index (χ2n) is 6.43. The van der Waals surface area contributed by atoms with E-state index in [-0.39, 0.29) is 11.9 Å². The minimum atomic E-state index is 0.0685. The van der Waals surface area contributed by atoms with Crippen LogP contribution < -0.4 is 5.32 Å². The Hall–Kier alpha value is -0.840. The van der Waals surface area contributed by atoms with Crippen LogP contribution in [-0.4, -0.2) is 21.7 Å². The molecule has 2 bridgehead atoms. The van der Waals surface area contributed by atoms with Crippen molar-refractivity contribution >= 4 is 21.8 Å². The molecule has 0 spiro atoms. The van der Waals surface area contributed by atoms with Crippen molar-refractivity contribution in [3.05, 3.63) is 16.4 Å². The molecule has 1 aromatic rings. The van der Waals surface area contributed by atoms with Crippen molar-refractivity contribution in [1.29, 1.82) is 0 Å². The zero-order valence-corrected chi connectivity index (χ0v) is 13.7. The maximum absolute atomic E-state index is 12.2. The molecule has 1 heterocycles. The first-order chi connectivity index (χ1) is 9.54. The molecule has 0 saturated heterocycles. The van der Waals surface area contributed by atoms with Gasteiger partial charge in [0.15, 0.2) is 0 Å². The third-order valence-electron chi connectivity index (χ3n) is 5.16. The van der Waals surface area contributed by atoms with Gasteiger partial charge in [-0.1, -0.05) is 6.42 Å². The molecular weight excluding hydrogens is 318 g/mol. The molecule has 0 unspecified atom stereocenters. The van der Waals surface area contributed by atoms with Crippen LogP contribution in [-0.2, 0) is 11.3 Å². The van der Waals surface area contributed by atoms with E-state index in [4.69, 9.17) is 0 Å². The molecule has 2 saturated carbocycles. The van der Waals surface area contributed by atoms with E-state index in [1.165, 1.54) is 25.7 Å². The van der Waals surface area contributed by atoms with E-state index >= 15 is 0 Å². The molecule has 0 radical (unpaired) electrons. The molecule has 1 amide bonds. The Morgan fingerprint density at radius 2 is 2.35 bits per heavy atom. The van der Waals surface area contributed by atoms with Gasteiger partial charge in [-0.2, -0.15) is 5.10 Å². The van der Waals surface area contributed by atoms with Crippen LogP contribution in [0.2, 0.25) is 0 Å². The molecule has 1 N–H and O–H groups in total. The second kappa shape index (κ2) is 5.51. The van der Waals surface area contributed by atoms with Crippen molar-refractivity contribution in [2.24, 2.45) is 17.8 Å². The average Bonchev–Trinajstić information content (AvgIpc) is 3.10. The molecule has 3 rings (SSSR count). The van der Waals surface area contributed by atoms with Gasteiger partial charge in [0.1, 0.15) is 6.54 Å². The third-order valence-corrected chi connectivity index (χ3v) is 5.94. The number of halogens is 1. The van der Waals surface area contributed by atoms with Gasteiger partial charge in [0.25, 0.3) is 0 Å². The lowest BCUT2D eigenvalue weighted by molar-refractivity contribution is -0.123. The highest BCUT2D eigenvalue weighted by atomic mass is 79.9. The van der Waals surface area contributed by atoms with Crippen LogP contribution in [0.3, 0.4) is 0 Å². The number of amides is 1. The number of fused-ring (bicyclic) bond motifs is 2. The lowest BCUT2D eigenvalue weighted by Crippen LogP contribution is -2.41. The number of aromatic nitrogens is 2. The van der Waals surface area contributed by atoms with Gasteiger partial charge in [-0.25, -0.2) is 0 Å². The second-order valence-corrected chi connectivity index (χ2v) is 7.28. The van der Waals surface area contributed by atoms with Crippen LogP contribution in [0.1, 0.15) is 38.3 Å². The first kappa shape index (κ1) is 14.1. The van der Waals surface area contributed by atoms with E-state index in [1.807, 2.05) is 6.92 Å². The van der Waals surface area contributed by atoms with Crippen LogP contribution >= 0.6 is 15.9 Å². The van der Waals surface area contributed by atoms with E-state index < -0.39 is 0 Å². The molecule has 0 aromatic carbocycles. The number of nitrogens with one attached hydrogen (secondary N) is 1. The van der Waals surface area contributed by atoms with E-state index in [0.29, 0.717) is 12.5 Å². The molecular formula is C15H22BrN3O. The molecule has 2 aliphatic rings. The molecule has 20 heavy (non-hydrogen) atoms. The van der Waals surface area contributed by atoms with E-state index in [2.05, 4.69) is 33.3 Å². The summed E-state index contributed by atoms with van der Waals surface area (Å²) in [5.74, 6) is 2.52. The number of nitrogens with zero attached hydrogens (tertiary/aromatic N) is 2. The lowest BCUT2D eigenvalue weighted by atomic mass is 9.84. The van der Waals surface area contributed by atoms with E-state index in [1.54, 1.807) is 10.9 Å². The topological polar surface area (TPSA) is 46.9 Å². The van der Waals surface area contributed by atoms with Crippen LogP contribution in [0, 0.1) is 24.7 Å². The fourth-order valence-electron chi connectivity index (χ4n) is 4.03. The van der Waals surface area contributed by atoms with E-state index in [0.717, 1.165) is 22.0 Å². The molecule has 5 heteroatoms. The van der Waals surface area contributed by atoms with Crippen molar-refractivity contribution in [3.8, 4) is 0 Å². The van der Waals surface area contributed by atoms with Crippen LogP contribution in [0.25, 0.3) is 0 Å². The fourth-order valence-corrected chi connectivity index (χ4v) is 4.33. The number of rotatable bonds is 4. The predicted octanol–water partition coefficient (Wildman–Crippen LogP) is 2.89. The molecule has 2 aliphatic carbocycles. The first-order valence-electron chi connectivity index (χ1n) is 7.52. The fraction of sp³-hybridized carbons (Fsp3) is 0.733. The van der Waals surface area contributed by atoms with Gasteiger partial charge in [-0.15, -0.1) is 0 Å². The number of hydrogen-bond acceptors (Lipinski definition) is 2. The van der Waals surface area contributed by atoms with Crippen LogP contribution in [0.15, 0.2) is 10.7 Å². The highest BCUT2D eigenvalue weighted by Gasteiger charge is 2.42. The zero-order valence-electron chi connectivity index (χ0n) is 12.1. The Labute approximate surface area is 128 Å². The van der Waals surface area contributed by atoms with Crippen LogP contribution in [0.5, 0.6) is 0 Å². The molecule has 4 nitrogen and oxygen atoms in total. The number of carbonyl (C=O) groups excluding carboxylic acids is 1. The summed E-state index contributed by atoms with van der Waals surface area (Å²) in [6.07, 6.45) is 7.19. The lowest BCUT2D eigenvalue weighted by Gasteiger charge is -2.28. The van der Waals surface area contributed by atoms with Gasteiger partial charge >= 0.3 is 0 Å². The zero-order chi connectivity index (χ0) is 14.3. The van der Waals surface area contributed by atoms with Crippen molar-refractivity contribution in [2.75, 3.05) is 0 Å². The van der Waals surface area contributed by atoms with Crippen molar-refractivity contribution < 1.29 is 4.79 Å². The summed E-state index contributed by atoms with van der Waals surface area (Å²) in [5.41, 5.74) is 0.993. The van der Waals surface area contributed by atoms with Gasteiger partial charge in [0, 0.05) is 6.04 Å². The predicted molar refractivity (Wildman–Crippen MR) is 81.2 cm³/mol. The summed E-state index contributed by atoms with van der Waals surface area (Å²) in [7, 11) is 0. The Morgan fingerprint density at radius 1 is 1.55 bits per heavy atom. The summed E-state index contributed by atoms with van der Waals surface area (Å²) in [5, 5.41) is 7.38. The third kappa shape index (κ3) is 2.65. The Bertz CT molecular complexity index is 513. The molecule has 2 fully saturated rings. The minimum Gasteiger partial charge on any atom is -0.352 e. The minimum absolute atomic E-state index is 0.0685. The van der Waals surface area contributed by atoms with Gasteiger partial charge in [-0.05, 0) is 66.8 Å². The Balaban J connectivity index is 1.55. The van der Waals surface area contributed by atoms with Crippen molar-refractivity contribution in [1.82, 2.24) is 15.1 Å². The maximum atomic E-state index is 12.2. The summed E-state index contributed by atoms with van der Waals surface area (Å²) >= 11 is 3.42. The van der Waals surface area contributed by atoms with Crippen molar-refractivity contribution in [3.63, 3.8) is 0 Å². The maximum Gasteiger partial charge on any atom is 0.241 e. The summed E-state index contributed by atoms with van der Waals surface area (Å²) in [6.45, 7) is 4.43. The standard InChI is InChI=1S/C15H22BrN3O/c1-9(13-6-11-3-4-12(13)5-11)18-15(20)8-19-10(2)14(16)7-17-19/h7,9,11-13H,3-6,8H2,1-2H3,(H,18,20)/t9-,11+,12+,13-/m1/s1. The normalized spacial score (nSPS) is 29.6. The molecule has 0 aliphatic heterocycles. The van der Waals surface area contributed by atoms with Gasteiger partial charge in [0.05, 0.1) is 16.4 Å².